The number of fused-ring (bicyclic) bond motifs is 1. The number of carbonyl (C=O) groups excluding carboxylic acids is 1. The van der Waals surface area contributed by atoms with Crippen LogP contribution in [-0.2, 0) is 24.2 Å². The highest BCUT2D eigenvalue weighted by atomic mass is 19.1. The maximum absolute atomic E-state index is 13.3. The summed E-state index contributed by atoms with van der Waals surface area (Å²) in [6.45, 7) is 0.582. The summed E-state index contributed by atoms with van der Waals surface area (Å²) >= 11 is 0. The number of halogens is 1. The smallest absolute Gasteiger partial charge is 0.224 e. The number of hydrogen-bond acceptors (Lipinski definition) is 1. The molecule has 4 rings (SSSR count). The zero-order chi connectivity index (χ0) is 15.8. The van der Waals surface area contributed by atoms with Crippen LogP contribution in [0.4, 0.5) is 4.39 Å². The standard InChI is InChI=1S/C20H20FNO/c21-17-6-2-5-16(10-17)18-11-19(18)20(23)22-12-13-7-8-14-3-1-4-15(14)9-13/h2,5-10,18-19H,1,3-4,11-12H2,(H,22,23). The second-order valence-electron chi connectivity index (χ2n) is 6.68. The van der Waals surface area contributed by atoms with Gasteiger partial charge in [0, 0.05) is 12.5 Å². The lowest BCUT2D eigenvalue weighted by molar-refractivity contribution is -0.122. The van der Waals surface area contributed by atoms with E-state index in [0.717, 1.165) is 18.4 Å². The predicted molar refractivity (Wildman–Crippen MR) is 87.6 cm³/mol. The Labute approximate surface area is 135 Å². The molecule has 1 saturated carbocycles. The van der Waals surface area contributed by atoms with Gasteiger partial charge in [0.05, 0.1) is 0 Å². The van der Waals surface area contributed by atoms with Crippen molar-refractivity contribution >= 4 is 5.91 Å². The second kappa shape index (κ2) is 5.80. The van der Waals surface area contributed by atoms with Gasteiger partial charge in [-0.15, -0.1) is 0 Å². The van der Waals surface area contributed by atoms with E-state index >= 15 is 0 Å². The summed E-state index contributed by atoms with van der Waals surface area (Å²) < 4.78 is 13.3. The molecule has 1 N–H and O–H groups in total. The molecule has 2 aromatic carbocycles. The summed E-state index contributed by atoms with van der Waals surface area (Å²) in [5, 5.41) is 3.03. The number of hydrogen-bond donors (Lipinski definition) is 1. The third-order valence-corrected chi connectivity index (χ3v) is 5.03. The average molecular weight is 309 g/mol. The third kappa shape index (κ3) is 3.00. The van der Waals surface area contributed by atoms with E-state index < -0.39 is 0 Å². The Bertz CT molecular complexity index is 755. The number of amides is 1. The summed E-state index contributed by atoms with van der Waals surface area (Å²) in [6.07, 6.45) is 4.39. The fourth-order valence-electron chi connectivity index (χ4n) is 3.65. The Morgan fingerprint density at radius 2 is 2.00 bits per heavy atom. The van der Waals surface area contributed by atoms with Crippen molar-refractivity contribution in [3.63, 3.8) is 0 Å². The molecule has 0 bridgehead atoms. The van der Waals surface area contributed by atoms with Crippen LogP contribution in [0.15, 0.2) is 42.5 Å². The van der Waals surface area contributed by atoms with Crippen LogP contribution in [0, 0.1) is 11.7 Å². The van der Waals surface area contributed by atoms with Crippen LogP contribution >= 0.6 is 0 Å². The lowest BCUT2D eigenvalue weighted by Gasteiger charge is -2.07. The van der Waals surface area contributed by atoms with E-state index in [2.05, 4.69) is 23.5 Å². The lowest BCUT2D eigenvalue weighted by Crippen LogP contribution is -2.24. The largest absolute Gasteiger partial charge is 0.352 e. The Kier molecular flexibility index (Phi) is 3.64. The number of carbonyl (C=O) groups is 1. The van der Waals surface area contributed by atoms with Crippen LogP contribution in [0.25, 0.3) is 0 Å². The van der Waals surface area contributed by atoms with E-state index in [0.29, 0.717) is 6.54 Å². The fourth-order valence-corrected chi connectivity index (χ4v) is 3.65. The highest BCUT2D eigenvalue weighted by Crippen LogP contribution is 2.47. The maximum Gasteiger partial charge on any atom is 0.224 e. The first-order chi connectivity index (χ1) is 11.2. The van der Waals surface area contributed by atoms with E-state index in [-0.39, 0.29) is 23.6 Å². The molecule has 0 saturated heterocycles. The molecular weight excluding hydrogens is 289 g/mol. The van der Waals surface area contributed by atoms with Gasteiger partial charge in [-0.2, -0.15) is 0 Å². The number of benzene rings is 2. The van der Waals surface area contributed by atoms with E-state index in [9.17, 15) is 9.18 Å². The molecule has 1 amide bonds. The van der Waals surface area contributed by atoms with Crippen LogP contribution in [0.3, 0.4) is 0 Å². The molecule has 0 aromatic heterocycles. The van der Waals surface area contributed by atoms with Crippen LogP contribution in [-0.4, -0.2) is 5.91 Å². The van der Waals surface area contributed by atoms with Gasteiger partial charge in [0.15, 0.2) is 0 Å². The maximum atomic E-state index is 13.3. The van der Waals surface area contributed by atoms with Gasteiger partial charge in [-0.25, -0.2) is 4.39 Å². The van der Waals surface area contributed by atoms with Crippen LogP contribution < -0.4 is 5.32 Å². The fraction of sp³-hybridized carbons (Fsp3) is 0.350. The molecule has 2 aromatic rings. The minimum absolute atomic E-state index is 0.00812. The molecule has 2 atom stereocenters. The molecule has 23 heavy (non-hydrogen) atoms. The van der Waals surface area contributed by atoms with E-state index in [1.54, 1.807) is 12.1 Å². The van der Waals surface area contributed by atoms with Gasteiger partial charge < -0.3 is 5.32 Å². The quantitative estimate of drug-likeness (QED) is 0.916. The van der Waals surface area contributed by atoms with E-state index in [1.807, 2.05) is 6.07 Å². The molecule has 2 unspecified atom stereocenters. The van der Waals surface area contributed by atoms with Gasteiger partial charge in [-0.1, -0.05) is 30.3 Å². The minimum Gasteiger partial charge on any atom is -0.352 e. The van der Waals surface area contributed by atoms with Gasteiger partial charge >= 0.3 is 0 Å². The first kappa shape index (κ1) is 14.4. The van der Waals surface area contributed by atoms with Crippen LogP contribution in [0.2, 0.25) is 0 Å². The molecule has 2 nitrogen and oxygen atoms in total. The van der Waals surface area contributed by atoms with Crippen molar-refractivity contribution in [1.29, 1.82) is 0 Å². The Morgan fingerprint density at radius 1 is 1.13 bits per heavy atom. The van der Waals surface area contributed by atoms with Gasteiger partial charge in [0.1, 0.15) is 5.82 Å². The molecule has 0 aliphatic heterocycles. The molecule has 1 fully saturated rings. The number of rotatable bonds is 4. The molecule has 2 aliphatic carbocycles. The highest BCUT2D eigenvalue weighted by Gasteiger charge is 2.43. The summed E-state index contributed by atoms with van der Waals surface area (Å²) in [7, 11) is 0. The second-order valence-corrected chi connectivity index (χ2v) is 6.68. The third-order valence-electron chi connectivity index (χ3n) is 5.03. The van der Waals surface area contributed by atoms with Crippen molar-refractivity contribution in [3.05, 3.63) is 70.5 Å². The van der Waals surface area contributed by atoms with Crippen LogP contribution in [0.1, 0.15) is 41.0 Å². The van der Waals surface area contributed by atoms with Crippen molar-refractivity contribution < 1.29 is 9.18 Å². The van der Waals surface area contributed by atoms with Gasteiger partial charge in [0.2, 0.25) is 5.91 Å². The number of nitrogens with one attached hydrogen (secondary N) is 1. The van der Waals surface area contributed by atoms with Crippen molar-refractivity contribution in [2.75, 3.05) is 0 Å². The minimum atomic E-state index is -0.230. The molecule has 2 aliphatic rings. The Hall–Kier alpha value is -2.16. The summed E-state index contributed by atoms with van der Waals surface area (Å²) in [5.41, 5.74) is 4.99. The van der Waals surface area contributed by atoms with Crippen LogP contribution in [0.5, 0.6) is 0 Å². The van der Waals surface area contributed by atoms with Gasteiger partial charge in [-0.05, 0) is 66.0 Å². The molecular formula is C20H20FNO. The first-order valence-electron chi connectivity index (χ1n) is 8.34. The summed E-state index contributed by atoms with van der Waals surface area (Å²) in [4.78, 5) is 12.3. The van der Waals surface area contributed by atoms with E-state index in [4.69, 9.17) is 0 Å². The summed E-state index contributed by atoms with van der Waals surface area (Å²) in [6, 6.07) is 13.1. The zero-order valence-corrected chi connectivity index (χ0v) is 13.0. The molecule has 0 spiro atoms. The van der Waals surface area contributed by atoms with E-state index in [1.165, 1.54) is 35.6 Å². The highest BCUT2D eigenvalue weighted by molar-refractivity contribution is 5.82. The van der Waals surface area contributed by atoms with Gasteiger partial charge in [0.25, 0.3) is 0 Å². The molecule has 118 valence electrons. The molecule has 0 heterocycles. The normalized spacial score (nSPS) is 21.8. The van der Waals surface area contributed by atoms with Crippen molar-refractivity contribution in [3.8, 4) is 0 Å². The Morgan fingerprint density at radius 3 is 2.87 bits per heavy atom. The zero-order valence-electron chi connectivity index (χ0n) is 13.0. The van der Waals surface area contributed by atoms with Crippen molar-refractivity contribution in [2.24, 2.45) is 5.92 Å². The SMILES string of the molecule is O=C(NCc1ccc2c(c1)CCC2)C1CC1c1cccc(F)c1. The topological polar surface area (TPSA) is 29.1 Å². The molecule has 0 radical (unpaired) electrons. The summed E-state index contributed by atoms with van der Waals surface area (Å²) in [5.74, 6) is 0.0170. The number of aryl methyl sites for hydroxylation is 2. The van der Waals surface area contributed by atoms with Crippen molar-refractivity contribution in [2.45, 2.75) is 38.1 Å². The van der Waals surface area contributed by atoms with Crippen molar-refractivity contribution in [1.82, 2.24) is 5.32 Å². The first-order valence-corrected chi connectivity index (χ1v) is 8.34. The predicted octanol–water partition coefficient (Wildman–Crippen LogP) is 3.73. The van der Waals surface area contributed by atoms with Gasteiger partial charge in [-0.3, -0.25) is 4.79 Å². The lowest BCUT2D eigenvalue weighted by atomic mass is 10.1. The average Bonchev–Trinajstić information content (AvgIpc) is 3.23. The monoisotopic (exact) mass is 309 g/mol. The Balaban J connectivity index is 1.34. The molecule has 3 heteroatoms.